The molecule has 1 fully saturated rings. The fourth-order valence-corrected chi connectivity index (χ4v) is 3.21. The van der Waals surface area contributed by atoms with E-state index in [4.69, 9.17) is 16.3 Å². The molecule has 1 N–H and O–H groups in total. The van der Waals surface area contributed by atoms with Crippen molar-refractivity contribution in [1.29, 1.82) is 0 Å². The minimum atomic E-state index is 0.132. The fourth-order valence-electron chi connectivity index (χ4n) is 2.22. The maximum absolute atomic E-state index is 12.0. The Morgan fingerprint density at radius 3 is 3.05 bits per heavy atom. The second-order valence-electron chi connectivity index (χ2n) is 4.65. The number of hydrogen-bond acceptors (Lipinski definition) is 6. The number of nitrogens with zero attached hydrogens (tertiary/aromatic N) is 3. The molecule has 3 rings (SSSR count). The van der Waals surface area contributed by atoms with Crippen molar-refractivity contribution in [1.82, 2.24) is 14.9 Å². The molecule has 0 unspecified atom stereocenters. The highest BCUT2D eigenvalue weighted by atomic mass is 35.5. The highest BCUT2D eigenvalue weighted by Gasteiger charge is 2.16. The van der Waals surface area contributed by atoms with Gasteiger partial charge in [0, 0.05) is 26.1 Å². The van der Waals surface area contributed by atoms with Gasteiger partial charge in [-0.15, -0.1) is 11.3 Å². The molecular weight excluding hydrogens is 312 g/mol. The van der Waals surface area contributed by atoms with Crippen LogP contribution in [-0.4, -0.2) is 53.6 Å². The highest BCUT2D eigenvalue weighted by Crippen LogP contribution is 2.26. The topological polar surface area (TPSA) is 67.4 Å². The van der Waals surface area contributed by atoms with E-state index in [1.54, 1.807) is 0 Å². The summed E-state index contributed by atoms with van der Waals surface area (Å²) in [7, 11) is 0. The predicted octanol–water partition coefficient (Wildman–Crippen LogP) is 2.01. The maximum Gasteiger partial charge on any atom is 0.225 e. The molecule has 0 atom stereocenters. The van der Waals surface area contributed by atoms with E-state index >= 15 is 0 Å². The average molecular weight is 327 g/mol. The largest absolute Gasteiger partial charge is 0.378 e. The molecule has 0 saturated carbocycles. The van der Waals surface area contributed by atoms with Crippen LogP contribution in [0, 0.1) is 0 Å². The summed E-state index contributed by atoms with van der Waals surface area (Å²) in [5.41, 5.74) is 0. The average Bonchev–Trinajstić information content (AvgIpc) is 2.96. The van der Waals surface area contributed by atoms with Crippen LogP contribution in [0.2, 0.25) is 5.28 Å². The molecular formula is C13H15ClN4O2S. The first-order valence-electron chi connectivity index (χ1n) is 6.74. The highest BCUT2D eigenvalue weighted by molar-refractivity contribution is 7.16. The van der Waals surface area contributed by atoms with E-state index in [1.807, 2.05) is 16.3 Å². The van der Waals surface area contributed by atoms with Crippen LogP contribution in [0.4, 0.5) is 5.82 Å². The lowest BCUT2D eigenvalue weighted by Gasteiger charge is -2.26. The van der Waals surface area contributed by atoms with E-state index < -0.39 is 0 Å². The van der Waals surface area contributed by atoms with Crippen molar-refractivity contribution in [2.45, 2.75) is 6.42 Å². The Morgan fingerprint density at radius 1 is 1.43 bits per heavy atom. The predicted molar refractivity (Wildman–Crippen MR) is 82.9 cm³/mol. The number of morpholine rings is 1. The number of anilines is 1. The molecule has 2 aromatic rings. The van der Waals surface area contributed by atoms with Gasteiger partial charge in [-0.2, -0.15) is 0 Å². The lowest BCUT2D eigenvalue weighted by atomic mass is 10.3. The van der Waals surface area contributed by atoms with Gasteiger partial charge in [-0.1, -0.05) is 0 Å². The minimum absolute atomic E-state index is 0.132. The zero-order valence-corrected chi connectivity index (χ0v) is 12.9. The number of amides is 1. The van der Waals surface area contributed by atoms with E-state index in [9.17, 15) is 4.79 Å². The molecule has 1 amide bonds. The van der Waals surface area contributed by atoms with Crippen molar-refractivity contribution in [2.75, 3.05) is 38.2 Å². The van der Waals surface area contributed by atoms with Crippen LogP contribution in [0.25, 0.3) is 10.2 Å². The van der Waals surface area contributed by atoms with E-state index in [0.29, 0.717) is 45.1 Å². The van der Waals surface area contributed by atoms with E-state index in [0.717, 1.165) is 10.2 Å². The second kappa shape index (κ2) is 6.55. The number of nitrogens with one attached hydrogen (secondary N) is 1. The first-order chi connectivity index (χ1) is 10.2. The third kappa shape index (κ3) is 3.42. The monoisotopic (exact) mass is 326 g/mol. The zero-order chi connectivity index (χ0) is 14.7. The Morgan fingerprint density at radius 2 is 2.24 bits per heavy atom. The molecule has 1 aliphatic heterocycles. The summed E-state index contributed by atoms with van der Waals surface area (Å²) >= 11 is 7.41. The number of rotatable bonds is 4. The molecule has 0 spiro atoms. The van der Waals surface area contributed by atoms with E-state index in [-0.39, 0.29) is 11.2 Å². The smallest absolute Gasteiger partial charge is 0.225 e. The molecule has 3 heterocycles. The van der Waals surface area contributed by atoms with Gasteiger partial charge in [0.1, 0.15) is 10.6 Å². The number of aromatic nitrogens is 2. The van der Waals surface area contributed by atoms with Crippen LogP contribution in [0.15, 0.2) is 11.4 Å². The third-order valence-electron chi connectivity index (χ3n) is 3.29. The van der Waals surface area contributed by atoms with Crippen LogP contribution in [-0.2, 0) is 9.53 Å². The quantitative estimate of drug-likeness (QED) is 0.870. The van der Waals surface area contributed by atoms with Gasteiger partial charge in [0.25, 0.3) is 0 Å². The first-order valence-corrected chi connectivity index (χ1v) is 8.00. The van der Waals surface area contributed by atoms with Gasteiger partial charge in [-0.05, 0) is 23.0 Å². The number of ether oxygens (including phenoxy) is 1. The summed E-state index contributed by atoms with van der Waals surface area (Å²) in [4.78, 5) is 23.1. The maximum atomic E-state index is 12.0. The lowest BCUT2D eigenvalue weighted by molar-refractivity contribution is -0.134. The van der Waals surface area contributed by atoms with Crippen molar-refractivity contribution in [3.8, 4) is 0 Å². The lowest BCUT2D eigenvalue weighted by Crippen LogP contribution is -2.41. The molecule has 112 valence electrons. The molecule has 21 heavy (non-hydrogen) atoms. The molecule has 6 nitrogen and oxygen atoms in total. The molecule has 0 radical (unpaired) electrons. The standard InChI is InChI=1S/C13H15ClN4O2S/c14-13-16-11(9-2-8-21-12(9)17-13)15-3-1-10(19)18-4-6-20-7-5-18/h2,8H,1,3-7H2,(H,15,16,17). The zero-order valence-electron chi connectivity index (χ0n) is 11.3. The molecule has 0 bridgehead atoms. The third-order valence-corrected chi connectivity index (χ3v) is 4.27. The summed E-state index contributed by atoms with van der Waals surface area (Å²) in [6.45, 7) is 3.11. The number of thiophene rings is 1. The van der Waals surface area contributed by atoms with Crippen molar-refractivity contribution in [3.63, 3.8) is 0 Å². The Kier molecular flexibility index (Phi) is 4.52. The Hall–Kier alpha value is -1.44. The van der Waals surface area contributed by atoms with Crippen LogP contribution in [0.3, 0.4) is 0 Å². The summed E-state index contributed by atoms with van der Waals surface area (Å²) in [6.07, 6.45) is 0.424. The molecule has 0 aromatic carbocycles. The van der Waals surface area contributed by atoms with Crippen LogP contribution >= 0.6 is 22.9 Å². The molecule has 2 aromatic heterocycles. The Balaban J connectivity index is 1.59. The van der Waals surface area contributed by atoms with Gasteiger partial charge < -0.3 is 15.0 Å². The normalized spacial score (nSPS) is 15.4. The number of hydrogen-bond donors (Lipinski definition) is 1. The number of fused-ring (bicyclic) bond motifs is 1. The molecule has 1 aliphatic rings. The fraction of sp³-hybridized carbons (Fsp3) is 0.462. The summed E-state index contributed by atoms with van der Waals surface area (Å²) in [5, 5.41) is 6.27. The Labute approximate surface area is 131 Å². The summed E-state index contributed by atoms with van der Waals surface area (Å²) < 4.78 is 5.24. The molecule has 0 aliphatic carbocycles. The van der Waals surface area contributed by atoms with Gasteiger partial charge in [-0.25, -0.2) is 9.97 Å². The van der Waals surface area contributed by atoms with Crippen molar-refractivity contribution in [2.24, 2.45) is 0 Å². The van der Waals surface area contributed by atoms with Gasteiger partial charge in [0.2, 0.25) is 11.2 Å². The van der Waals surface area contributed by atoms with Gasteiger partial charge in [0.15, 0.2) is 0 Å². The number of carbonyl (C=O) groups excluding carboxylic acids is 1. The van der Waals surface area contributed by atoms with Crippen molar-refractivity contribution in [3.05, 3.63) is 16.7 Å². The molecule has 1 saturated heterocycles. The van der Waals surface area contributed by atoms with Gasteiger partial charge in [0.05, 0.1) is 18.6 Å². The van der Waals surface area contributed by atoms with Crippen molar-refractivity contribution < 1.29 is 9.53 Å². The second-order valence-corrected chi connectivity index (χ2v) is 5.88. The Bertz CT molecular complexity index is 642. The van der Waals surface area contributed by atoms with Gasteiger partial charge in [-0.3, -0.25) is 4.79 Å². The van der Waals surface area contributed by atoms with E-state index in [1.165, 1.54) is 11.3 Å². The van der Waals surface area contributed by atoms with Gasteiger partial charge >= 0.3 is 0 Å². The number of carbonyl (C=O) groups is 1. The molecule has 8 heteroatoms. The van der Waals surface area contributed by atoms with Crippen LogP contribution in [0.5, 0.6) is 0 Å². The van der Waals surface area contributed by atoms with Crippen LogP contribution < -0.4 is 5.32 Å². The van der Waals surface area contributed by atoms with E-state index in [2.05, 4.69) is 15.3 Å². The SMILES string of the molecule is O=C(CCNc1nc(Cl)nc2sccc12)N1CCOCC1. The minimum Gasteiger partial charge on any atom is -0.378 e. The first kappa shape index (κ1) is 14.5. The summed E-state index contributed by atoms with van der Waals surface area (Å²) in [5.74, 6) is 0.813. The van der Waals surface area contributed by atoms with Crippen LogP contribution in [0.1, 0.15) is 6.42 Å². The number of halogens is 1. The summed E-state index contributed by atoms with van der Waals surface area (Å²) in [6, 6.07) is 1.95. The van der Waals surface area contributed by atoms with Crippen molar-refractivity contribution >= 4 is 44.9 Å².